The maximum atomic E-state index is 11.1. The highest BCUT2D eigenvalue weighted by molar-refractivity contribution is 5.07. The second kappa shape index (κ2) is 7.87. The molecule has 0 atom stereocenters. The second-order valence-corrected chi connectivity index (χ2v) is 4.29. The summed E-state index contributed by atoms with van der Waals surface area (Å²) < 4.78 is 5.44. The molecule has 0 saturated carbocycles. The quantitative estimate of drug-likeness (QED) is 0.708. The van der Waals surface area contributed by atoms with Gasteiger partial charge in [-0.2, -0.15) is 0 Å². The summed E-state index contributed by atoms with van der Waals surface area (Å²) in [6.07, 6.45) is 7.36. The van der Waals surface area contributed by atoms with Crippen LogP contribution in [-0.4, -0.2) is 16.6 Å². The molecule has 0 aliphatic heterocycles. The average Bonchev–Trinajstić information content (AvgIpc) is 2.26. The van der Waals surface area contributed by atoms with Crippen LogP contribution in [0.4, 0.5) is 0 Å². The fraction of sp³-hybridized carbons (Fsp3) is 0.692. The second-order valence-electron chi connectivity index (χ2n) is 4.29. The fourth-order valence-electron chi connectivity index (χ4n) is 1.69. The number of H-pyrrole nitrogens is 1. The molecule has 17 heavy (non-hydrogen) atoms. The van der Waals surface area contributed by atoms with Crippen molar-refractivity contribution in [3.8, 4) is 5.88 Å². The Kier molecular flexibility index (Phi) is 6.37. The largest absolute Gasteiger partial charge is 0.477 e. The minimum absolute atomic E-state index is 0.157. The molecule has 0 aliphatic carbocycles. The van der Waals surface area contributed by atoms with Gasteiger partial charge in [0, 0.05) is 0 Å². The highest BCUT2D eigenvalue weighted by Crippen LogP contribution is 2.07. The van der Waals surface area contributed by atoms with Crippen molar-refractivity contribution in [3.05, 3.63) is 22.2 Å². The summed E-state index contributed by atoms with van der Waals surface area (Å²) in [5.74, 6) is 1.02. The molecular weight excluding hydrogens is 216 g/mol. The molecule has 1 aromatic rings. The Morgan fingerprint density at radius 3 is 2.65 bits per heavy atom. The van der Waals surface area contributed by atoms with Gasteiger partial charge in [0.15, 0.2) is 0 Å². The van der Waals surface area contributed by atoms with E-state index in [0.29, 0.717) is 18.3 Å². The standard InChI is InChI=1S/C13H22N2O2/c1-3-4-5-6-7-8-9-17-13-10-12(16)14-11(2)15-13/h10H,3-9H2,1-2H3,(H,14,15,16). The summed E-state index contributed by atoms with van der Waals surface area (Å²) in [5.41, 5.74) is -0.157. The number of hydrogen-bond acceptors (Lipinski definition) is 3. The first kappa shape index (κ1) is 13.7. The van der Waals surface area contributed by atoms with Crippen LogP contribution in [0.1, 0.15) is 51.3 Å². The van der Waals surface area contributed by atoms with Gasteiger partial charge in [0.2, 0.25) is 5.88 Å². The molecule has 4 heteroatoms. The lowest BCUT2D eigenvalue weighted by molar-refractivity contribution is 0.291. The van der Waals surface area contributed by atoms with Gasteiger partial charge in [-0.1, -0.05) is 39.0 Å². The van der Waals surface area contributed by atoms with Crippen molar-refractivity contribution in [1.29, 1.82) is 0 Å². The maximum absolute atomic E-state index is 11.1. The molecule has 0 aromatic carbocycles. The van der Waals surface area contributed by atoms with E-state index in [1.165, 1.54) is 38.2 Å². The predicted molar refractivity (Wildman–Crippen MR) is 68.5 cm³/mol. The van der Waals surface area contributed by atoms with Crippen LogP contribution in [-0.2, 0) is 0 Å². The summed E-state index contributed by atoms with van der Waals surface area (Å²) in [6.45, 7) is 4.60. The molecule has 0 saturated heterocycles. The van der Waals surface area contributed by atoms with Gasteiger partial charge >= 0.3 is 0 Å². The summed E-state index contributed by atoms with van der Waals surface area (Å²) >= 11 is 0. The SMILES string of the molecule is CCCCCCCCOc1cc(=O)[nH]c(C)n1. The van der Waals surface area contributed by atoms with Gasteiger partial charge in [0.1, 0.15) is 5.82 Å². The molecule has 0 amide bonds. The zero-order chi connectivity index (χ0) is 12.5. The minimum atomic E-state index is -0.157. The number of hydrogen-bond donors (Lipinski definition) is 1. The van der Waals surface area contributed by atoms with E-state index in [4.69, 9.17) is 4.74 Å². The maximum Gasteiger partial charge on any atom is 0.254 e. The number of aryl methyl sites for hydroxylation is 1. The van der Waals surface area contributed by atoms with Crippen molar-refractivity contribution in [1.82, 2.24) is 9.97 Å². The Morgan fingerprint density at radius 1 is 1.24 bits per heavy atom. The molecule has 1 N–H and O–H groups in total. The third-order valence-electron chi connectivity index (χ3n) is 2.58. The van der Waals surface area contributed by atoms with E-state index in [1.807, 2.05) is 0 Å². The molecule has 0 fully saturated rings. The van der Waals surface area contributed by atoms with Crippen molar-refractivity contribution in [2.24, 2.45) is 0 Å². The Hall–Kier alpha value is -1.32. The van der Waals surface area contributed by atoms with E-state index < -0.39 is 0 Å². The minimum Gasteiger partial charge on any atom is -0.477 e. The number of nitrogens with zero attached hydrogens (tertiary/aromatic N) is 1. The van der Waals surface area contributed by atoms with Crippen LogP contribution >= 0.6 is 0 Å². The molecule has 0 unspecified atom stereocenters. The number of aromatic nitrogens is 2. The molecule has 1 heterocycles. The highest BCUT2D eigenvalue weighted by Gasteiger charge is 1.98. The normalized spacial score (nSPS) is 10.5. The van der Waals surface area contributed by atoms with Gasteiger partial charge in [0.25, 0.3) is 5.56 Å². The van der Waals surface area contributed by atoms with Gasteiger partial charge in [0.05, 0.1) is 12.7 Å². The average molecular weight is 238 g/mol. The van der Waals surface area contributed by atoms with Crippen molar-refractivity contribution in [3.63, 3.8) is 0 Å². The third-order valence-corrected chi connectivity index (χ3v) is 2.58. The number of aromatic amines is 1. The summed E-state index contributed by atoms with van der Waals surface area (Å²) in [6, 6.07) is 1.39. The Bertz CT molecular complexity index is 374. The lowest BCUT2D eigenvalue weighted by atomic mass is 10.1. The zero-order valence-corrected chi connectivity index (χ0v) is 10.8. The van der Waals surface area contributed by atoms with Crippen molar-refractivity contribution >= 4 is 0 Å². The number of ether oxygens (including phenoxy) is 1. The summed E-state index contributed by atoms with van der Waals surface area (Å²) in [4.78, 5) is 17.8. The molecule has 0 spiro atoms. The van der Waals surface area contributed by atoms with Crippen LogP contribution in [0.2, 0.25) is 0 Å². The molecule has 0 radical (unpaired) electrons. The molecule has 1 aromatic heterocycles. The van der Waals surface area contributed by atoms with Crippen LogP contribution in [0.25, 0.3) is 0 Å². The molecule has 1 rings (SSSR count). The molecule has 0 aliphatic rings. The topological polar surface area (TPSA) is 55.0 Å². The highest BCUT2D eigenvalue weighted by atomic mass is 16.5. The first-order valence-electron chi connectivity index (χ1n) is 6.43. The van der Waals surface area contributed by atoms with E-state index in [9.17, 15) is 4.79 Å². The van der Waals surface area contributed by atoms with Crippen molar-refractivity contribution in [2.75, 3.05) is 6.61 Å². The Labute approximate surface area is 102 Å². The predicted octanol–water partition coefficient (Wildman–Crippen LogP) is 2.82. The van der Waals surface area contributed by atoms with Crippen molar-refractivity contribution < 1.29 is 4.74 Å². The van der Waals surface area contributed by atoms with E-state index in [-0.39, 0.29) is 5.56 Å². The first-order chi connectivity index (χ1) is 8.22. The van der Waals surface area contributed by atoms with Gasteiger partial charge in [-0.15, -0.1) is 0 Å². The van der Waals surface area contributed by atoms with Crippen LogP contribution < -0.4 is 10.3 Å². The number of rotatable bonds is 8. The zero-order valence-electron chi connectivity index (χ0n) is 10.8. The molecule has 96 valence electrons. The number of unbranched alkanes of at least 4 members (excludes halogenated alkanes) is 5. The van der Waals surface area contributed by atoms with Gasteiger partial charge in [-0.25, -0.2) is 4.98 Å². The lowest BCUT2D eigenvalue weighted by Gasteiger charge is -2.05. The monoisotopic (exact) mass is 238 g/mol. The van der Waals surface area contributed by atoms with E-state index in [2.05, 4.69) is 16.9 Å². The fourth-order valence-corrected chi connectivity index (χ4v) is 1.69. The van der Waals surface area contributed by atoms with Crippen LogP contribution in [0.15, 0.2) is 10.9 Å². The molecule has 0 bridgehead atoms. The Balaban J connectivity index is 2.16. The van der Waals surface area contributed by atoms with Crippen molar-refractivity contribution in [2.45, 2.75) is 52.4 Å². The number of nitrogens with one attached hydrogen (secondary N) is 1. The van der Waals surface area contributed by atoms with E-state index >= 15 is 0 Å². The third kappa shape index (κ3) is 6.09. The van der Waals surface area contributed by atoms with Gasteiger partial charge in [-0.05, 0) is 13.3 Å². The Morgan fingerprint density at radius 2 is 1.94 bits per heavy atom. The lowest BCUT2D eigenvalue weighted by Crippen LogP contribution is -2.10. The van der Waals surface area contributed by atoms with Gasteiger partial charge in [-0.3, -0.25) is 4.79 Å². The molecular formula is C13H22N2O2. The first-order valence-corrected chi connectivity index (χ1v) is 6.43. The van der Waals surface area contributed by atoms with Crippen LogP contribution in [0.3, 0.4) is 0 Å². The summed E-state index contributed by atoms with van der Waals surface area (Å²) in [7, 11) is 0. The van der Waals surface area contributed by atoms with Crippen LogP contribution in [0.5, 0.6) is 5.88 Å². The van der Waals surface area contributed by atoms with E-state index in [1.54, 1.807) is 6.92 Å². The van der Waals surface area contributed by atoms with Crippen LogP contribution in [0, 0.1) is 6.92 Å². The smallest absolute Gasteiger partial charge is 0.254 e. The summed E-state index contributed by atoms with van der Waals surface area (Å²) in [5, 5.41) is 0. The van der Waals surface area contributed by atoms with Gasteiger partial charge < -0.3 is 9.72 Å². The van der Waals surface area contributed by atoms with E-state index in [0.717, 1.165) is 6.42 Å². The molecule has 4 nitrogen and oxygen atoms in total.